The average molecular weight is 471 g/mol. The molecule has 0 aliphatic heterocycles. The van der Waals surface area contributed by atoms with Crippen LogP contribution in [0.25, 0.3) is 11.1 Å². The average Bonchev–Trinajstić information content (AvgIpc) is 3.20. The Morgan fingerprint density at radius 2 is 1.59 bits per heavy atom. The van der Waals surface area contributed by atoms with Crippen LogP contribution in [0.3, 0.4) is 0 Å². The number of thiophene rings is 1. The highest BCUT2D eigenvalue weighted by Crippen LogP contribution is 2.43. The first-order valence-corrected chi connectivity index (χ1v) is 9.71. The summed E-state index contributed by atoms with van der Waals surface area (Å²) in [5, 5.41) is 9.30. The fourth-order valence-corrected chi connectivity index (χ4v) is 3.77. The van der Waals surface area contributed by atoms with Crippen molar-refractivity contribution in [2.24, 2.45) is 0 Å². The number of ketones is 1. The molecule has 0 aliphatic carbocycles. The van der Waals surface area contributed by atoms with Crippen LogP contribution < -0.4 is 10.9 Å². The minimum absolute atomic E-state index is 0. The van der Waals surface area contributed by atoms with Crippen molar-refractivity contribution in [3.05, 3.63) is 76.0 Å². The molecular formula is C21H15F6N3OS. The topological polar surface area (TPSA) is 64.9 Å². The first-order chi connectivity index (χ1) is 15.0. The number of rotatable bonds is 6. The van der Waals surface area contributed by atoms with Crippen molar-refractivity contribution in [3.8, 4) is 17.2 Å². The van der Waals surface area contributed by atoms with Gasteiger partial charge in [-0.15, -0.1) is 11.3 Å². The summed E-state index contributed by atoms with van der Waals surface area (Å²) in [4.78, 5) is 11.4. The van der Waals surface area contributed by atoms with Gasteiger partial charge in [0.15, 0.2) is 6.04 Å². The summed E-state index contributed by atoms with van der Waals surface area (Å²) < 4.78 is 78.4. The molecule has 1 unspecified atom stereocenters. The third kappa shape index (κ3) is 5.27. The maximum atomic E-state index is 13.5. The van der Waals surface area contributed by atoms with Gasteiger partial charge in [0.2, 0.25) is 5.78 Å². The van der Waals surface area contributed by atoms with Crippen molar-refractivity contribution < 1.29 is 32.6 Å². The van der Waals surface area contributed by atoms with E-state index in [2.05, 4.69) is 10.9 Å². The Morgan fingerprint density at radius 3 is 2.12 bits per heavy atom. The molecule has 11 heteroatoms. The molecule has 1 aromatic heterocycles. The Hall–Kier alpha value is -3.36. The quantitative estimate of drug-likeness (QED) is 0.248. The maximum absolute atomic E-state index is 13.5. The maximum Gasteiger partial charge on any atom is 0.426 e. The van der Waals surface area contributed by atoms with Gasteiger partial charge in [0.25, 0.3) is 0 Å². The van der Waals surface area contributed by atoms with E-state index in [4.69, 9.17) is 0 Å². The van der Waals surface area contributed by atoms with Gasteiger partial charge in [-0.05, 0) is 35.9 Å². The molecule has 0 amide bonds. The van der Waals surface area contributed by atoms with Gasteiger partial charge >= 0.3 is 12.4 Å². The summed E-state index contributed by atoms with van der Waals surface area (Å²) in [6.45, 7) is 0. The van der Waals surface area contributed by atoms with E-state index in [0.29, 0.717) is 0 Å². The van der Waals surface area contributed by atoms with Gasteiger partial charge in [0.1, 0.15) is 4.88 Å². The molecule has 168 valence electrons. The highest BCUT2D eigenvalue weighted by molar-refractivity contribution is 7.14. The van der Waals surface area contributed by atoms with Gasteiger partial charge in [-0.25, -0.2) is 5.43 Å². The zero-order valence-corrected chi connectivity index (χ0v) is 16.7. The summed E-state index contributed by atoms with van der Waals surface area (Å²) in [5.74, 6) is -0.912. The van der Waals surface area contributed by atoms with E-state index in [1.165, 1.54) is 12.1 Å². The molecule has 1 atom stereocenters. The molecule has 0 saturated carbocycles. The molecule has 0 saturated heterocycles. The Labute approximate surface area is 183 Å². The second-order valence-corrected chi connectivity index (χ2v) is 7.54. The Kier molecular flexibility index (Phi) is 6.57. The van der Waals surface area contributed by atoms with Crippen molar-refractivity contribution in [1.29, 1.82) is 5.26 Å². The van der Waals surface area contributed by atoms with E-state index in [1.54, 1.807) is 24.3 Å². The van der Waals surface area contributed by atoms with Crippen molar-refractivity contribution >= 4 is 22.8 Å². The summed E-state index contributed by atoms with van der Waals surface area (Å²) in [7, 11) is 0. The second kappa shape index (κ2) is 9.02. The predicted octanol–water partition coefficient (Wildman–Crippen LogP) is 6.39. The fourth-order valence-electron chi connectivity index (χ4n) is 2.75. The van der Waals surface area contributed by atoms with Gasteiger partial charge in [-0.3, -0.25) is 4.79 Å². The normalized spacial score (nSPS) is 12.8. The third-order valence-electron chi connectivity index (χ3n) is 4.28. The molecule has 4 nitrogen and oxygen atoms in total. The molecule has 3 aromatic rings. The number of Topliss-reactive ketones (excluding diaryl/α,β-unsaturated/α-hetero) is 1. The molecule has 32 heavy (non-hydrogen) atoms. The lowest BCUT2D eigenvalue weighted by atomic mass is 10.0. The lowest BCUT2D eigenvalue weighted by Crippen LogP contribution is -2.39. The van der Waals surface area contributed by atoms with Crippen LogP contribution in [-0.2, 0) is 12.4 Å². The number of hydrogen-bond acceptors (Lipinski definition) is 5. The van der Waals surface area contributed by atoms with Gasteiger partial charge < -0.3 is 5.43 Å². The number of nitrogens with zero attached hydrogens (tertiary/aromatic N) is 1. The molecule has 0 fully saturated rings. The molecule has 0 spiro atoms. The van der Waals surface area contributed by atoms with Crippen molar-refractivity contribution in [2.75, 3.05) is 5.43 Å². The first kappa shape index (κ1) is 23.3. The number of nitrogens with one attached hydrogen (secondary N) is 2. The zero-order chi connectivity index (χ0) is 23.5. The van der Waals surface area contributed by atoms with Crippen molar-refractivity contribution in [2.45, 2.75) is 18.4 Å². The van der Waals surface area contributed by atoms with Crippen LogP contribution in [-0.4, -0.2) is 11.8 Å². The SMILES string of the molecule is N#CC(NNc1ccc(C(F)(F)F)cc1)C(=O)c1cc(-c2ccccc2)c(C(F)(F)F)s1.[HH]. The minimum Gasteiger partial charge on any atom is -0.320 e. The number of carbonyl (C=O) groups excluding carboxylic acids is 1. The molecule has 2 aromatic carbocycles. The van der Waals surface area contributed by atoms with Crippen molar-refractivity contribution in [3.63, 3.8) is 0 Å². The zero-order valence-electron chi connectivity index (χ0n) is 15.9. The number of hydrazine groups is 1. The highest BCUT2D eigenvalue weighted by Gasteiger charge is 2.38. The van der Waals surface area contributed by atoms with E-state index in [9.17, 15) is 36.4 Å². The van der Waals surface area contributed by atoms with Crippen LogP contribution in [0.5, 0.6) is 0 Å². The number of halogens is 6. The lowest BCUT2D eigenvalue weighted by Gasteiger charge is -2.13. The third-order valence-corrected chi connectivity index (χ3v) is 5.48. The second-order valence-electron chi connectivity index (χ2n) is 6.49. The number of anilines is 1. The molecule has 1 heterocycles. The van der Waals surface area contributed by atoms with Crippen LogP contribution in [0.2, 0.25) is 0 Å². The van der Waals surface area contributed by atoms with E-state index in [-0.39, 0.29) is 34.5 Å². The van der Waals surface area contributed by atoms with Gasteiger partial charge in [-0.1, -0.05) is 30.3 Å². The summed E-state index contributed by atoms with van der Waals surface area (Å²) in [6, 6.07) is 12.6. The van der Waals surface area contributed by atoms with E-state index in [1.807, 2.05) is 0 Å². The van der Waals surface area contributed by atoms with Crippen LogP contribution in [0.1, 0.15) is 21.5 Å². The highest BCUT2D eigenvalue weighted by atomic mass is 32.1. The first-order valence-electron chi connectivity index (χ1n) is 8.90. The Balaban J connectivity index is 0.00000385. The molecule has 3 rings (SSSR count). The van der Waals surface area contributed by atoms with Crippen LogP contribution >= 0.6 is 11.3 Å². The van der Waals surface area contributed by atoms with E-state index in [0.717, 1.165) is 30.3 Å². The van der Waals surface area contributed by atoms with Crippen LogP contribution in [0, 0.1) is 11.3 Å². The van der Waals surface area contributed by atoms with Gasteiger partial charge in [0, 0.05) is 12.7 Å². The largest absolute Gasteiger partial charge is 0.426 e. The monoisotopic (exact) mass is 471 g/mol. The predicted molar refractivity (Wildman–Crippen MR) is 109 cm³/mol. The summed E-state index contributed by atoms with van der Waals surface area (Å²) in [6.07, 6.45) is -9.23. The number of alkyl halides is 6. The fraction of sp³-hybridized carbons (Fsp3) is 0.143. The number of benzene rings is 2. The van der Waals surface area contributed by atoms with Crippen LogP contribution in [0.15, 0.2) is 60.7 Å². The molecule has 2 N–H and O–H groups in total. The Morgan fingerprint density at radius 1 is 0.969 bits per heavy atom. The molecule has 0 bridgehead atoms. The van der Waals surface area contributed by atoms with Crippen molar-refractivity contribution in [1.82, 2.24) is 5.43 Å². The Bertz CT molecular complexity index is 1140. The molecular weight excluding hydrogens is 456 g/mol. The smallest absolute Gasteiger partial charge is 0.320 e. The van der Waals surface area contributed by atoms with Crippen LogP contribution in [0.4, 0.5) is 32.0 Å². The summed E-state index contributed by atoms with van der Waals surface area (Å²) >= 11 is 0.221. The minimum atomic E-state index is -4.71. The number of carbonyl (C=O) groups is 1. The molecule has 0 aliphatic rings. The standard InChI is InChI=1S/C21H13F6N3OS.H2/c22-20(23,24)13-6-8-14(9-7-13)29-30-16(11-28)18(31)17-10-15(12-4-2-1-3-5-12)19(32-17)21(25,26)27;/h1-10,16,29-30H;1H. The van der Waals surface area contributed by atoms with E-state index >= 15 is 0 Å². The summed E-state index contributed by atoms with van der Waals surface area (Å²) in [5.41, 5.74) is 4.08. The molecule has 0 radical (unpaired) electrons. The lowest BCUT2D eigenvalue weighted by molar-refractivity contribution is -0.137. The van der Waals surface area contributed by atoms with Gasteiger partial charge in [-0.2, -0.15) is 31.6 Å². The number of nitriles is 1. The van der Waals surface area contributed by atoms with E-state index < -0.39 is 34.6 Å². The van der Waals surface area contributed by atoms with Gasteiger partial charge in [0.05, 0.1) is 16.5 Å². The number of hydrogen-bond donors (Lipinski definition) is 2.